The maximum Gasteiger partial charge on any atom is 0.225 e. The third-order valence-corrected chi connectivity index (χ3v) is 4.55. The smallest absolute Gasteiger partial charge is 0.225 e. The molecular weight excluding hydrogens is 328 g/mol. The second kappa shape index (κ2) is 10.2. The molecule has 0 aromatic heterocycles. The molecule has 1 fully saturated rings. The lowest BCUT2D eigenvalue weighted by molar-refractivity contribution is -0.133. The first-order valence-electron chi connectivity index (χ1n) is 9.46. The molecule has 1 aromatic rings. The van der Waals surface area contributed by atoms with E-state index in [4.69, 9.17) is 9.73 Å². The first kappa shape index (κ1) is 20.2. The van der Waals surface area contributed by atoms with Gasteiger partial charge < -0.3 is 20.3 Å². The Balaban J connectivity index is 1.95. The summed E-state index contributed by atoms with van der Waals surface area (Å²) >= 11 is 0. The van der Waals surface area contributed by atoms with Gasteiger partial charge in [-0.05, 0) is 18.9 Å². The van der Waals surface area contributed by atoms with Gasteiger partial charge in [-0.3, -0.25) is 9.79 Å². The number of benzene rings is 1. The summed E-state index contributed by atoms with van der Waals surface area (Å²) in [6, 6.07) is 10.3. The Hall–Kier alpha value is -2.08. The SMILES string of the molecule is CCNC(=NCC(OC)c1ccccc1)NC1CCN(C(=O)C(C)C)C1. The van der Waals surface area contributed by atoms with Gasteiger partial charge >= 0.3 is 0 Å². The summed E-state index contributed by atoms with van der Waals surface area (Å²) in [5.74, 6) is 1.04. The molecule has 1 saturated heterocycles. The highest BCUT2D eigenvalue weighted by atomic mass is 16.5. The van der Waals surface area contributed by atoms with E-state index in [1.54, 1.807) is 7.11 Å². The molecule has 0 aliphatic carbocycles. The van der Waals surface area contributed by atoms with Crippen LogP contribution < -0.4 is 10.6 Å². The van der Waals surface area contributed by atoms with E-state index in [2.05, 4.69) is 22.8 Å². The Morgan fingerprint density at radius 1 is 1.35 bits per heavy atom. The number of nitrogens with zero attached hydrogens (tertiary/aromatic N) is 2. The summed E-state index contributed by atoms with van der Waals surface area (Å²) in [7, 11) is 1.71. The zero-order chi connectivity index (χ0) is 18.9. The predicted octanol–water partition coefficient (Wildman–Crippen LogP) is 2.19. The van der Waals surface area contributed by atoms with Crippen LogP contribution in [0.25, 0.3) is 0 Å². The number of amides is 1. The minimum Gasteiger partial charge on any atom is -0.375 e. The predicted molar refractivity (Wildman–Crippen MR) is 105 cm³/mol. The van der Waals surface area contributed by atoms with Crippen molar-refractivity contribution in [3.63, 3.8) is 0 Å². The van der Waals surface area contributed by atoms with Gasteiger partial charge in [0.15, 0.2) is 5.96 Å². The van der Waals surface area contributed by atoms with E-state index in [0.717, 1.165) is 37.6 Å². The number of likely N-dealkylation sites (tertiary alicyclic amines) is 1. The number of hydrogen-bond acceptors (Lipinski definition) is 3. The molecule has 0 spiro atoms. The highest BCUT2D eigenvalue weighted by molar-refractivity contribution is 5.81. The highest BCUT2D eigenvalue weighted by Gasteiger charge is 2.28. The lowest BCUT2D eigenvalue weighted by Gasteiger charge is -2.21. The van der Waals surface area contributed by atoms with Crippen molar-refractivity contribution in [2.45, 2.75) is 39.3 Å². The van der Waals surface area contributed by atoms with Crippen LogP contribution in [0, 0.1) is 5.92 Å². The molecule has 6 heteroatoms. The van der Waals surface area contributed by atoms with Gasteiger partial charge in [-0.2, -0.15) is 0 Å². The highest BCUT2D eigenvalue weighted by Crippen LogP contribution is 2.16. The normalized spacial score (nSPS) is 18.9. The van der Waals surface area contributed by atoms with Gasteiger partial charge in [0.1, 0.15) is 6.10 Å². The minimum atomic E-state index is -0.0748. The first-order valence-corrected chi connectivity index (χ1v) is 9.46. The molecule has 1 aliphatic heterocycles. The summed E-state index contributed by atoms with van der Waals surface area (Å²) in [6.07, 6.45) is 0.865. The van der Waals surface area contributed by atoms with Crippen LogP contribution in [0.4, 0.5) is 0 Å². The third kappa shape index (κ3) is 5.73. The van der Waals surface area contributed by atoms with Crippen molar-refractivity contribution >= 4 is 11.9 Å². The molecule has 144 valence electrons. The summed E-state index contributed by atoms with van der Waals surface area (Å²) < 4.78 is 5.59. The summed E-state index contributed by atoms with van der Waals surface area (Å²) in [6.45, 7) is 8.80. The van der Waals surface area contributed by atoms with Crippen molar-refractivity contribution in [2.24, 2.45) is 10.9 Å². The number of hydrogen-bond donors (Lipinski definition) is 2. The lowest BCUT2D eigenvalue weighted by atomic mass is 10.1. The largest absolute Gasteiger partial charge is 0.375 e. The molecule has 1 heterocycles. The average molecular weight is 361 g/mol. The number of guanidine groups is 1. The monoisotopic (exact) mass is 360 g/mol. The van der Waals surface area contributed by atoms with Crippen molar-refractivity contribution in [3.05, 3.63) is 35.9 Å². The van der Waals surface area contributed by atoms with E-state index in [-0.39, 0.29) is 24.0 Å². The van der Waals surface area contributed by atoms with Gasteiger partial charge in [0.05, 0.1) is 6.54 Å². The molecule has 1 aliphatic rings. The van der Waals surface area contributed by atoms with Gasteiger partial charge in [-0.15, -0.1) is 0 Å². The fourth-order valence-corrected chi connectivity index (χ4v) is 3.11. The molecule has 1 amide bonds. The Labute approximate surface area is 157 Å². The molecule has 1 aromatic carbocycles. The third-order valence-electron chi connectivity index (χ3n) is 4.55. The van der Waals surface area contributed by atoms with Gasteiger partial charge in [-0.1, -0.05) is 44.2 Å². The van der Waals surface area contributed by atoms with Crippen LogP contribution in [0.5, 0.6) is 0 Å². The Morgan fingerprint density at radius 3 is 2.69 bits per heavy atom. The number of rotatable bonds is 7. The molecular formula is C20H32N4O2. The molecule has 2 unspecified atom stereocenters. The molecule has 2 atom stereocenters. The molecule has 0 saturated carbocycles. The van der Waals surface area contributed by atoms with Gasteiger partial charge in [-0.25, -0.2) is 0 Å². The van der Waals surface area contributed by atoms with E-state index in [9.17, 15) is 4.79 Å². The number of methoxy groups -OCH3 is 1. The number of aliphatic imine (C=N–C) groups is 1. The fourth-order valence-electron chi connectivity index (χ4n) is 3.11. The van der Waals surface area contributed by atoms with Crippen LogP contribution in [0.15, 0.2) is 35.3 Å². The topological polar surface area (TPSA) is 66.0 Å². The summed E-state index contributed by atoms with van der Waals surface area (Å²) in [5.41, 5.74) is 1.11. The fraction of sp³-hybridized carbons (Fsp3) is 0.600. The lowest BCUT2D eigenvalue weighted by Crippen LogP contribution is -2.45. The van der Waals surface area contributed by atoms with Gasteiger partial charge in [0, 0.05) is 38.7 Å². The number of carbonyl (C=O) groups excluding carboxylic acids is 1. The van der Waals surface area contributed by atoms with Crippen LogP contribution in [0.3, 0.4) is 0 Å². The molecule has 6 nitrogen and oxygen atoms in total. The minimum absolute atomic E-state index is 0.0454. The molecule has 26 heavy (non-hydrogen) atoms. The van der Waals surface area contributed by atoms with E-state index in [0.29, 0.717) is 6.54 Å². The number of ether oxygens (including phenoxy) is 1. The van der Waals surface area contributed by atoms with Crippen molar-refractivity contribution < 1.29 is 9.53 Å². The molecule has 0 radical (unpaired) electrons. The average Bonchev–Trinajstić information content (AvgIpc) is 3.11. The Kier molecular flexibility index (Phi) is 7.91. The summed E-state index contributed by atoms with van der Waals surface area (Å²) in [4.78, 5) is 18.8. The van der Waals surface area contributed by atoms with E-state index >= 15 is 0 Å². The van der Waals surface area contributed by atoms with Gasteiger partial charge in [0.25, 0.3) is 0 Å². The van der Waals surface area contributed by atoms with Crippen molar-refractivity contribution in [3.8, 4) is 0 Å². The second-order valence-corrected chi connectivity index (χ2v) is 6.92. The van der Waals surface area contributed by atoms with Crippen molar-refractivity contribution in [2.75, 3.05) is 33.3 Å². The number of nitrogens with one attached hydrogen (secondary N) is 2. The molecule has 0 bridgehead atoms. The summed E-state index contributed by atoms with van der Waals surface area (Å²) in [5, 5.41) is 6.75. The second-order valence-electron chi connectivity index (χ2n) is 6.92. The number of carbonyl (C=O) groups is 1. The van der Waals surface area contributed by atoms with Crippen molar-refractivity contribution in [1.29, 1.82) is 0 Å². The van der Waals surface area contributed by atoms with E-state index in [1.807, 2.05) is 43.9 Å². The maximum atomic E-state index is 12.1. The standard InChI is InChI=1S/C20H32N4O2/c1-5-21-20(22-13-18(26-4)16-9-7-6-8-10-16)23-17-11-12-24(14-17)19(25)15(2)3/h6-10,15,17-18H,5,11-14H2,1-4H3,(H2,21,22,23). The van der Waals surface area contributed by atoms with E-state index in [1.165, 1.54) is 0 Å². The van der Waals surface area contributed by atoms with Crippen LogP contribution in [0.1, 0.15) is 38.9 Å². The molecule has 2 rings (SSSR count). The van der Waals surface area contributed by atoms with Crippen molar-refractivity contribution in [1.82, 2.24) is 15.5 Å². The zero-order valence-corrected chi connectivity index (χ0v) is 16.4. The van der Waals surface area contributed by atoms with Crippen LogP contribution >= 0.6 is 0 Å². The maximum absolute atomic E-state index is 12.1. The molecule has 2 N–H and O–H groups in total. The van der Waals surface area contributed by atoms with Gasteiger partial charge in [0.2, 0.25) is 5.91 Å². The van der Waals surface area contributed by atoms with E-state index < -0.39 is 0 Å². The van der Waals surface area contributed by atoms with Crippen LogP contribution in [-0.4, -0.2) is 56.1 Å². The zero-order valence-electron chi connectivity index (χ0n) is 16.4. The first-order chi connectivity index (χ1) is 12.5. The van der Waals surface area contributed by atoms with Crippen LogP contribution in [0.2, 0.25) is 0 Å². The van der Waals surface area contributed by atoms with Crippen LogP contribution in [-0.2, 0) is 9.53 Å². The Bertz CT molecular complexity index is 589. The Morgan fingerprint density at radius 2 is 2.08 bits per heavy atom. The quantitative estimate of drug-likeness (QED) is 0.578.